The number of nitrogen functional groups attached to an aromatic ring is 1. The molecule has 1 heterocycles. The molecule has 2 amide bonds. The van der Waals surface area contributed by atoms with Gasteiger partial charge in [-0.05, 0) is 54.7 Å². The third-order valence-corrected chi connectivity index (χ3v) is 6.09. The largest absolute Gasteiger partial charge is 0.398 e. The Labute approximate surface area is 180 Å². The lowest BCUT2D eigenvalue weighted by Gasteiger charge is -2.35. The SMILES string of the molecule is CC(N)c1ccc(-c2ccc(C(=O)N3CCN(C(=O)C4(O)CC4)CC3)c(F)c2)cc1N. The molecule has 2 aliphatic rings. The Bertz CT molecular complexity index is 1030. The minimum atomic E-state index is -1.21. The maximum atomic E-state index is 14.8. The Morgan fingerprint density at radius 3 is 2.16 bits per heavy atom. The smallest absolute Gasteiger partial charge is 0.256 e. The van der Waals surface area contributed by atoms with Gasteiger partial charge in [0.15, 0.2) is 0 Å². The summed E-state index contributed by atoms with van der Waals surface area (Å²) in [7, 11) is 0. The molecule has 1 atom stereocenters. The number of hydrogen-bond acceptors (Lipinski definition) is 5. The maximum Gasteiger partial charge on any atom is 0.256 e. The second-order valence-corrected chi connectivity index (χ2v) is 8.44. The van der Waals surface area contributed by atoms with Crippen molar-refractivity contribution in [3.05, 3.63) is 53.3 Å². The van der Waals surface area contributed by atoms with E-state index in [-0.39, 0.29) is 17.5 Å². The number of nitrogens with two attached hydrogens (primary N) is 2. The first-order valence-corrected chi connectivity index (χ1v) is 10.5. The molecule has 1 aliphatic heterocycles. The zero-order valence-electron chi connectivity index (χ0n) is 17.5. The lowest BCUT2D eigenvalue weighted by molar-refractivity contribution is -0.143. The van der Waals surface area contributed by atoms with Gasteiger partial charge in [0.1, 0.15) is 11.4 Å². The van der Waals surface area contributed by atoms with Crippen LogP contribution < -0.4 is 11.5 Å². The molecule has 8 heteroatoms. The van der Waals surface area contributed by atoms with Gasteiger partial charge in [0, 0.05) is 37.9 Å². The summed E-state index contributed by atoms with van der Waals surface area (Å²) >= 11 is 0. The molecule has 0 spiro atoms. The van der Waals surface area contributed by atoms with Crippen molar-refractivity contribution in [2.45, 2.75) is 31.4 Å². The van der Waals surface area contributed by atoms with Gasteiger partial charge in [-0.25, -0.2) is 4.39 Å². The summed E-state index contributed by atoms with van der Waals surface area (Å²) in [6.45, 7) is 3.11. The van der Waals surface area contributed by atoms with E-state index >= 15 is 0 Å². The van der Waals surface area contributed by atoms with Gasteiger partial charge in [-0.3, -0.25) is 9.59 Å². The first-order valence-electron chi connectivity index (χ1n) is 10.5. The molecule has 4 rings (SSSR count). The van der Waals surface area contributed by atoms with Crippen molar-refractivity contribution >= 4 is 17.5 Å². The molecule has 7 nitrogen and oxygen atoms in total. The molecule has 2 aromatic carbocycles. The normalized spacial score (nSPS) is 18.6. The number of hydrogen-bond donors (Lipinski definition) is 3. The molecule has 31 heavy (non-hydrogen) atoms. The van der Waals surface area contributed by atoms with E-state index < -0.39 is 17.3 Å². The van der Waals surface area contributed by atoms with Gasteiger partial charge >= 0.3 is 0 Å². The molecule has 1 saturated carbocycles. The number of carbonyl (C=O) groups is 2. The highest BCUT2D eigenvalue weighted by atomic mass is 19.1. The summed E-state index contributed by atoms with van der Waals surface area (Å²) in [6.07, 6.45) is 0.977. The van der Waals surface area contributed by atoms with E-state index in [1.54, 1.807) is 17.0 Å². The van der Waals surface area contributed by atoms with Gasteiger partial charge in [0.2, 0.25) is 0 Å². The minimum absolute atomic E-state index is 0.00970. The van der Waals surface area contributed by atoms with Crippen LogP contribution in [0.3, 0.4) is 0 Å². The first-order chi connectivity index (χ1) is 14.7. The molecule has 2 aromatic rings. The molecule has 1 saturated heterocycles. The Morgan fingerprint density at radius 1 is 1.03 bits per heavy atom. The molecule has 0 radical (unpaired) electrons. The number of aliphatic hydroxyl groups is 1. The van der Waals surface area contributed by atoms with Crippen LogP contribution in [-0.2, 0) is 4.79 Å². The minimum Gasteiger partial charge on any atom is -0.398 e. The van der Waals surface area contributed by atoms with Crippen molar-refractivity contribution in [2.24, 2.45) is 5.73 Å². The van der Waals surface area contributed by atoms with Gasteiger partial charge < -0.3 is 26.4 Å². The van der Waals surface area contributed by atoms with Gasteiger partial charge in [-0.15, -0.1) is 0 Å². The van der Waals surface area contributed by atoms with E-state index in [1.807, 2.05) is 19.1 Å². The van der Waals surface area contributed by atoms with E-state index in [0.717, 1.165) is 11.1 Å². The second kappa shape index (κ2) is 7.94. The monoisotopic (exact) mass is 426 g/mol. The Hall–Kier alpha value is -2.97. The highest BCUT2D eigenvalue weighted by Crippen LogP contribution is 2.37. The average Bonchev–Trinajstić information content (AvgIpc) is 3.51. The molecule has 0 bridgehead atoms. The molecular weight excluding hydrogens is 399 g/mol. The summed E-state index contributed by atoms with van der Waals surface area (Å²) in [6, 6.07) is 9.70. The highest BCUT2D eigenvalue weighted by molar-refractivity contribution is 5.95. The summed E-state index contributed by atoms with van der Waals surface area (Å²) in [5, 5.41) is 9.98. The third-order valence-electron chi connectivity index (χ3n) is 6.09. The van der Waals surface area contributed by atoms with Crippen LogP contribution in [0.4, 0.5) is 10.1 Å². The van der Waals surface area contributed by atoms with Crippen LogP contribution in [0.5, 0.6) is 0 Å². The Balaban J connectivity index is 1.45. The molecule has 0 aromatic heterocycles. The molecule has 1 aliphatic carbocycles. The van der Waals surface area contributed by atoms with Crippen molar-refractivity contribution in [2.75, 3.05) is 31.9 Å². The van der Waals surface area contributed by atoms with Gasteiger partial charge in [-0.1, -0.05) is 18.2 Å². The number of nitrogens with zero attached hydrogens (tertiary/aromatic N) is 2. The van der Waals surface area contributed by atoms with Crippen LogP contribution in [0.1, 0.15) is 41.7 Å². The zero-order chi connectivity index (χ0) is 22.3. The molecular formula is C23H27FN4O3. The number of benzene rings is 2. The van der Waals surface area contributed by atoms with Crippen LogP contribution in [0.2, 0.25) is 0 Å². The van der Waals surface area contributed by atoms with Crippen LogP contribution in [-0.4, -0.2) is 58.5 Å². The lowest BCUT2D eigenvalue weighted by Crippen LogP contribution is -2.53. The summed E-state index contributed by atoms with van der Waals surface area (Å²) in [5.41, 5.74) is 13.4. The molecule has 1 unspecified atom stereocenters. The van der Waals surface area contributed by atoms with E-state index in [0.29, 0.717) is 50.3 Å². The molecule has 2 fully saturated rings. The van der Waals surface area contributed by atoms with Crippen LogP contribution in [0.15, 0.2) is 36.4 Å². The van der Waals surface area contributed by atoms with Crippen molar-refractivity contribution in [1.82, 2.24) is 9.80 Å². The van der Waals surface area contributed by atoms with Crippen LogP contribution >= 0.6 is 0 Å². The number of anilines is 1. The van der Waals surface area contributed by atoms with E-state index in [4.69, 9.17) is 11.5 Å². The maximum absolute atomic E-state index is 14.8. The van der Waals surface area contributed by atoms with E-state index in [1.165, 1.54) is 17.0 Å². The zero-order valence-corrected chi connectivity index (χ0v) is 17.5. The van der Waals surface area contributed by atoms with Crippen molar-refractivity contribution in [1.29, 1.82) is 0 Å². The van der Waals surface area contributed by atoms with E-state index in [9.17, 15) is 19.1 Å². The number of halogens is 1. The Morgan fingerprint density at radius 2 is 1.61 bits per heavy atom. The van der Waals surface area contributed by atoms with Gasteiger partial charge in [0.05, 0.1) is 5.56 Å². The summed E-state index contributed by atoms with van der Waals surface area (Å²) in [4.78, 5) is 28.2. The quantitative estimate of drug-likeness (QED) is 0.647. The van der Waals surface area contributed by atoms with Crippen molar-refractivity contribution in [3.63, 3.8) is 0 Å². The van der Waals surface area contributed by atoms with Gasteiger partial charge in [-0.2, -0.15) is 0 Å². The molecule has 164 valence electrons. The standard InChI is InChI=1S/C23H27FN4O3/c1-14(25)17-4-2-16(13-20(17)26)15-3-5-18(19(24)12-15)21(29)27-8-10-28(11-9-27)22(30)23(31)6-7-23/h2-5,12-14,31H,6-11,25-26H2,1H3. The summed E-state index contributed by atoms with van der Waals surface area (Å²) < 4.78 is 14.8. The first kappa shape index (κ1) is 21.3. The fourth-order valence-electron chi connectivity index (χ4n) is 3.95. The topological polar surface area (TPSA) is 113 Å². The third kappa shape index (κ3) is 4.13. The predicted molar refractivity (Wildman–Crippen MR) is 116 cm³/mol. The number of piperazine rings is 1. The Kier molecular flexibility index (Phi) is 5.45. The second-order valence-electron chi connectivity index (χ2n) is 8.44. The van der Waals surface area contributed by atoms with Crippen molar-refractivity contribution in [3.8, 4) is 11.1 Å². The fourth-order valence-corrected chi connectivity index (χ4v) is 3.95. The average molecular weight is 426 g/mol. The summed E-state index contributed by atoms with van der Waals surface area (Å²) in [5.74, 6) is -1.29. The molecule has 5 N–H and O–H groups in total. The number of amides is 2. The fraction of sp³-hybridized carbons (Fsp3) is 0.391. The number of rotatable bonds is 4. The van der Waals surface area contributed by atoms with Crippen LogP contribution in [0.25, 0.3) is 11.1 Å². The van der Waals surface area contributed by atoms with E-state index in [2.05, 4.69) is 0 Å². The van der Waals surface area contributed by atoms with Gasteiger partial charge in [0.25, 0.3) is 11.8 Å². The highest BCUT2D eigenvalue weighted by Gasteiger charge is 2.50. The van der Waals surface area contributed by atoms with Crippen LogP contribution in [0, 0.1) is 5.82 Å². The van der Waals surface area contributed by atoms with Crippen molar-refractivity contribution < 1.29 is 19.1 Å². The lowest BCUT2D eigenvalue weighted by atomic mass is 9.98. The predicted octanol–water partition coefficient (Wildman–Crippen LogP) is 1.90. The number of carbonyl (C=O) groups excluding carboxylic acids is 2.